The Labute approximate surface area is 87.8 Å². The van der Waals surface area contributed by atoms with Crippen LogP contribution in [-0.4, -0.2) is 22.0 Å². The van der Waals surface area contributed by atoms with Crippen LogP contribution in [0.1, 0.15) is 17.4 Å². The van der Waals surface area contributed by atoms with Crippen LogP contribution >= 0.6 is 0 Å². The first-order chi connectivity index (χ1) is 7.33. The lowest BCUT2D eigenvalue weighted by Gasteiger charge is -2.15. The monoisotopic (exact) mass is 203 g/mol. The highest BCUT2D eigenvalue weighted by molar-refractivity contribution is 5.43. The van der Waals surface area contributed by atoms with Crippen molar-refractivity contribution in [2.45, 2.75) is 6.04 Å². The summed E-state index contributed by atoms with van der Waals surface area (Å²) in [5, 5.41) is 3.15. The molecule has 0 saturated carbocycles. The second-order valence-electron chi connectivity index (χ2n) is 3.17. The van der Waals surface area contributed by atoms with Crippen molar-refractivity contribution in [3.63, 3.8) is 0 Å². The molecule has 5 nitrogen and oxygen atoms in total. The smallest absolute Gasteiger partial charge is 0.128 e. The number of imidazole rings is 1. The van der Waals surface area contributed by atoms with Gasteiger partial charge in [-0.3, -0.25) is 0 Å². The zero-order valence-electron chi connectivity index (χ0n) is 8.44. The number of nitrogens with two attached hydrogens (primary N) is 1. The number of rotatable bonds is 3. The molecule has 0 aliphatic heterocycles. The second-order valence-corrected chi connectivity index (χ2v) is 3.17. The van der Waals surface area contributed by atoms with Crippen molar-refractivity contribution in [3.05, 3.63) is 42.1 Å². The second kappa shape index (κ2) is 4.10. The average Bonchev–Trinajstić information content (AvgIpc) is 2.75. The summed E-state index contributed by atoms with van der Waals surface area (Å²) in [4.78, 5) is 11.3. The molecule has 0 spiro atoms. The Morgan fingerprint density at radius 1 is 1.40 bits per heavy atom. The lowest BCUT2D eigenvalue weighted by Crippen LogP contribution is -2.20. The van der Waals surface area contributed by atoms with E-state index in [4.69, 9.17) is 5.73 Å². The quantitative estimate of drug-likeness (QED) is 0.686. The molecule has 5 heteroatoms. The maximum absolute atomic E-state index is 5.81. The Balaban J connectivity index is 2.40. The molecular weight excluding hydrogens is 190 g/mol. The first kappa shape index (κ1) is 9.67. The van der Waals surface area contributed by atoms with Crippen LogP contribution in [0.2, 0.25) is 0 Å². The van der Waals surface area contributed by atoms with Gasteiger partial charge in [-0.2, -0.15) is 0 Å². The molecule has 2 aromatic heterocycles. The number of hydrogen-bond acceptors (Lipinski definition) is 4. The van der Waals surface area contributed by atoms with Crippen molar-refractivity contribution < 1.29 is 0 Å². The third-order valence-electron chi connectivity index (χ3n) is 2.26. The van der Waals surface area contributed by atoms with Gasteiger partial charge in [0, 0.05) is 24.2 Å². The fraction of sp³-hybridized carbons (Fsp3) is 0.200. The van der Waals surface area contributed by atoms with Crippen LogP contribution in [0, 0.1) is 0 Å². The Kier molecular flexibility index (Phi) is 2.64. The molecule has 2 aromatic rings. The summed E-state index contributed by atoms with van der Waals surface area (Å²) in [6.45, 7) is 0. The summed E-state index contributed by atoms with van der Waals surface area (Å²) in [6.07, 6.45) is 5.17. The van der Waals surface area contributed by atoms with Gasteiger partial charge in [-0.05, 0) is 13.1 Å². The summed E-state index contributed by atoms with van der Waals surface area (Å²) in [5.41, 5.74) is 6.74. The molecule has 0 bridgehead atoms. The highest BCUT2D eigenvalue weighted by Crippen LogP contribution is 2.21. The van der Waals surface area contributed by atoms with Gasteiger partial charge in [0.15, 0.2) is 0 Å². The largest absolute Gasteiger partial charge is 0.383 e. The number of anilines is 1. The summed E-state index contributed by atoms with van der Waals surface area (Å²) in [5.74, 6) is 1.35. The molecule has 2 rings (SSSR count). The van der Waals surface area contributed by atoms with Gasteiger partial charge in [0.25, 0.3) is 0 Å². The van der Waals surface area contributed by atoms with Crippen molar-refractivity contribution in [2.24, 2.45) is 0 Å². The Bertz CT molecular complexity index is 423. The van der Waals surface area contributed by atoms with Crippen LogP contribution in [-0.2, 0) is 0 Å². The highest BCUT2D eigenvalue weighted by Gasteiger charge is 2.16. The molecule has 4 N–H and O–H groups in total. The molecule has 0 aromatic carbocycles. The maximum atomic E-state index is 5.81. The van der Waals surface area contributed by atoms with E-state index in [0.717, 1.165) is 11.4 Å². The zero-order chi connectivity index (χ0) is 10.7. The van der Waals surface area contributed by atoms with Crippen LogP contribution < -0.4 is 11.1 Å². The summed E-state index contributed by atoms with van der Waals surface area (Å²) >= 11 is 0. The van der Waals surface area contributed by atoms with Crippen LogP contribution in [0.15, 0.2) is 30.7 Å². The Hall–Kier alpha value is -1.88. The molecular formula is C10H13N5. The minimum absolute atomic E-state index is 0.0475. The standard InChI is InChI=1S/C10H13N5/c1-12-8(10-14-5-6-15-10)7-3-2-4-13-9(7)11/h2-6,8,12H,1H3,(H2,11,13)(H,14,15). The topological polar surface area (TPSA) is 79.6 Å². The van der Waals surface area contributed by atoms with Crippen LogP contribution in [0.25, 0.3) is 0 Å². The van der Waals surface area contributed by atoms with E-state index >= 15 is 0 Å². The third kappa shape index (κ3) is 1.82. The van der Waals surface area contributed by atoms with Crippen molar-refractivity contribution in [3.8, 4) is 0 Å². The predicted octanol–water partition coefficient (Wildman–Crippen LogP) is 0.696. The lowest BCUT2D eigenvalue weighted by atomic mass is 10.1. The van der Waals surface area contributed by atoms with Gasteiger partial charge >= 0.3 is 0 Å². The molecule has 0 aliphatic carbocycles. The fourth-order valence-corrected chi connectivity index (χ4v) is 1.55. The van der Waals surface area contributed by atoms with Gasteiger partial charge in [-0.15, -0.1) is 0 Å². The van der Waals surface area contributed by atoms with E-state index in [2.05, 4.69) is 20.3 Å². The average molecular weight is 203 g/mol. The normalized spacial score (nSPS) is 12.6. The van der Waals surface area contributed by atoms with Gasteiger partial charge < -0.3 is 16.0 Å². The SMILES string of the molecule is CNC(c1ncc[nH]1)c1cccnc1N. The van der Waals surface area contributed by atoms with Gasteiger partial charge in [0.1, 0.15) is 11.6 Å². The molecule has 0 aliphatic rings. The molecule has 0 amide bonds. The Morgan fingerprint density at radius 2 is 2.27 bits per heavy atom. The third-order valence-corrected chi connectivity index (χ3v) is 2.26. The van der Waals surface area contributed by atoms with Crippen LogP contribution in [0.3, 0.4) is 0 Å². The Morgan fingerprint density at radius 3 is 2.87 bits per heavy atom. The highest BCUT2D eigenvalue weighted by atomic mass is 15.0. The number of hydrogen-bond donors (Lipinski definition) is 3. The maximum Gasteiger partial charge on any atom is 0.128 e. The van der Waals surface area contributed by atoms with E-state index in [-0.39, 0.29) is 6.04 Å². The van der Waals surface area contributed by atoms with Crippen LogP contribution in [0.5, 0.6) is 0 Å². The fourth-order valence-electron chi connectivity index (χ4n) is 1.55. The van der Waals surface area contributed by atoms with Gasteiger partial charge in [0.2, 0.25) is 0 Å². The van der Waals surface area contributed by atoms with E-state index in [9.17, 15) is 0 Å². The van der Waals surface area contributed by atoms with Crippen LogP contribution in [0.4, 0.5) is 5.82 Å². The summed E-state index contributed by atoms with van der Waals surface area (Å²) in [6, 6.07) is 3.75. The lowest BCUT2D eigenvalue weighted by molar-refractivity contribution is 0.655. The first-order valence-electron chi connectivity index (χ1n) is 4.70. The van der Waals surface area contributed by atoms with E-state index in [1.54, 1.807) is 18.6 Å². The van der Waals surface area contributed by atoms with Gasteiger partial charge in [-0.25, -0.2) is 9.97 Å². The summed E-state index contributed by atoms with van der Waals surface area (Å²) < 4.78 is 0. The van der Waals surface area contributed by atoms with E-state index in [1.807, 2.05) is 19.2 Å². The zero-order valence-corrected chi connectivity index (χ0v) is 8.44. The number of nitrogen functional groups attached to an aromatic ring is 1. The minimum atomic E-state index is -0.0475. The molecule has 0 fully saturated rings. The molecule has 1 unspecified atom stereocenters. The number of H-pyrrole nitrogens is 1. The number of aromatic nitrogens is 3. The van der Waals surface area contributed by atoms with E-state index in [1.165, 1.54) is 0 Å². The molecule has 0 radical (unpaired) electrons. The molecule has 2 heterocycles. The molecule has 0 saturated heterocycles. The van der Waals surface area contributed by atoms with E-state index in [0.29, 0.717) is 5.82 Å². The van der Waals surface area contributed by atoms with Crippen molar-refractivity contribution in [1.82, 2.24) is 20.3 Å². The number of pyridine rings is 1. The summed E-state index contributed by atoms with van der Waals surface area (Å²) in [7, 11) is 1.86. The number of nitrogens with zero attached hydrogens (tertiary/aromatic N) is 2. The molecule has 15 heavy (non-hydrogen) atoms. The number of nitrogens with one attached hydrogen (secondary N) is 2. The van der Waals surface area contributed by atoms with Crippen molar-refractivity contribution in [2.75, 3.05) is 12.8 Å². The van der Waals surface area contributed by atoms with Crippen molar-refractivity contribution in [1.29, 1.82) is 0 Å². The van der Waals surface area contributed by atoms with Gasteiger partial charge in [-0.1, -0.05) is 6.07 Å². The predicted molar refractivity (Wildman–Crippen MR) is 58.1 cm³/mol. The molecule has 78 valence electrons. The first-order valence-corrected chi connectivity index (χ1v) is 4.70. The van der Waals surface area contributed by atoms with Gasteiger partial charge in [0.05, 0.1) is 6.04 Å². The molecule has 1 atom stereocenters. The van der Waals surface area contributed by atoms with E-state index < -0.39 is 0 Å². The van der Waals surface area contributed by atoms with Crippen molar-refractivity contribution >= 4 is 5.82 Å². The minimum Gasteiger partial charge on any atom is -0.383 e. The number of aromatic amines is 1.